The summed E-state index contributed by atoms with van der Waals surface area (Å²) in [5.74, 6) is 0. The second-order valence-corrected chi connectivity index (χ2v) is 4.20. The van der Waals surface area contributed by atoms with Crippen LogP contribution in [-0.2, 0) is 19.5 Å². The molecule has 0 aliphatic heterocycles. The molecule has 0 heterocycles. The quantitative estimate of drug-likeness (QED) is 0.452. The molecule has 0 atom stereocenters. The van der Waals surface area contributed by atoms with Crippen molar-refractivity contribution in [1.82, 2.24) is 0 Å². The number of allylic oxidation sites excluding steroid dienone is 8. The number of hydrogen-bond acceptors (Lipinski definition) is 3. The summed E-state index contributed by atoms with van der Waals surface area (Å²) < 4.78 is 0. The van der Waals surface area contributed by atoms with Crippen molar-refractivity contribution < 1.29 is 35.9 Å². The number of rotatable bonds is 0. The zero-order valence-electron chi connectivity index (χ0n) is 12.0. The summed E-state index contributed by atoms with van der Waals surface area (Å²) in [4.78, 5) is 0. The van der Waals surface area contributed by atoms with Gasteiger partial charge >= 0.3 is 19.5 Å². The van der Waals surface area contributed by atoms with Crippen molar-refractivity contribution >= 4 is 0 Å². The molecule has 2 aliphatic carbocycles. The fourth-order valence-electron chi connectivity index (χ4n) is 1.71. The normalized spacial score (nSPS) is 22.4. The Bertz CT molecular complexity index is 191. The molecule has 0 aromatic heterocycles. The van der Waals surface area contributed by atoms with E-state index < -0.39 is 0 Å². The zero-order valence-corrected chi connectivity index (χ0v) is 13.6. The fraction of sp³-hybridized carbons (Fsp3) is 0.500. The third kappa shape index (κ3) is 19.8. The van der Waals surface area contributed by atoms with Gasteiger partial charge in [0.05, 0.1) is 0 Å². The van der Waals surface area contributed by atoms with Gasteiger partial charge in [0.15, 0.2) is 0 Å². The Labute approximate surface area is 136 Å². The molecule has 4 heteroatoms. The summed E-state index contributed by atoms with van der Waals surface area (Å²) in [7, 11) is 0. The van der Waals surface area contributed by atoms with E-state index in [9.17, 15) is 0 Å². The van der Waals surface area contributed by atoms with Crippen molar-refractivity contribution in [2.45, 2.75) is 51.4 Å². The van der Waals surface area contributed by atoms with Gasteiger partial charge in [0.1, 0.15) is 0 Å². The van der Waals surface area contributed by atoms with Crippen LogP contribution < -0.4 is 0 Å². The molecule has 0 saturated carbocycles. The van der Waals surface area contributed by atoms with E-state index in [-0.39, 0.29) is 35.9 Å². The minimum absolute atomic E-state index is 0. The molecule has 0 radical (unpaired) electrons. The summed E-state index contributed by atoms with van der Waals surface area (Å²) in [6.07, 6.45) is 28.0. The van der Waals surface area contributed by atoms with Crippen LogP contribution in [-0.4, -0.2) is 16.4 Å². The second-order valence-electron chi connectivity index (χ2n) is 4.20. The Morgan fingerprint density at radius 1 is 0.300 bits per heavy atom. The minimum Gasteiger partial charge on any atom is -0.870 e. The Hall–Kier alpha value is -0.537. The predicted molar refractivity (Wildman–Crippen MR) is 79.3 cm³/mol. The van der Waals surface area contributed by atoms with E-state index in [1.807, 2.05) is 0 Å². The molecule has 0 unspecified atom stereocenters. The molecule has 0 spiro atoms. The SMILES string of the molecule is C1=C\CC/C=C\CC/1.C1=C\CC/C=C\CC/1.[OH-].[OH-].[OH-].[Rh+3]. The standard InChI is InChI=1S/2C8H12.3H2O.Rh/c2*1-2-4-6-8-7-5-3-1;;;;/h2*1-2,7-8H,3-6H2;3*1H2;/q;;;;;+3/p-3/b2*2-1-,8-7-;;;;. The predicted octanol–water partition coefficient (Wildman–Crippen LogP) is 4.81. The molecule has 0 saturated heterocycles. The van der Waals surface area contributed by atoms with Gasteiger partial charge in [0.2, 0.25) is 0 Å². The Kier molecular flexibility index (Phi) is 32.7. The zero-order chi connectivity index (χ0) is 11.3. The topological polar surface area (TPSA) is 90.0 Å². The molecule has 3 nitrogen and oxygen atoms in total. The van der Waals surface area contributed by atoms with E-state index in [4.69, 9.17) is 0 Å². The molecule has 0 fully saturated rings. The van der Waals surface area contributed by atoms with Crippen LogP contribution >= 0.6 is 0 Å². The molecule has 20 heavy (non-hydrogen) atoms. The van der Waals surface area contributed by atoms with Crippen molar-refractivity contribution in [3.05, 3.63) is 48.6 Å². The van der Waals surface area contributed by atoms with Gasteiger partial charge in [-0.15, -0.1) is 0 Å². The van der Waals surface area contributed by atoms with Crippen molar-refractivity contribution in [3.63, 3.8) is 0 Å². The Morgan fingerprint density at radius 2 is 0.400 bits per heavy atom. The molecule has 2 rings (SSSR count). The van der Waals surface area contributed by atoms with Crippen molar-refractivity contribution in [2.75, 3.05) is 0 Å². The molecule has 3 N–H and O–H groups in total. The largest absolute Gasteiger partial charge is 3.00 e. The third-order valence-electron chi connectivity index (χ3n) is 2.67. The minimum atomic E-state index is 0. The van der Waals surface area contributed by atoms with Crippen LogP contribution in [0.25, 0.3) is 0 Å². The van der Waals surface area contributed by atoms with E-state index in [0.29, 0.717) is 0 Å². The van der Waals surface area contributed by atoms with Gasteiger partial charge in [-0.25, -0.2) is 0 Å². The van der Waals surface area contributed by atoms with Crippen LogP contribution in [0.15, 0.2) is 48.6 Å². The first kappa shape index (κ1) is 27.7. The average Bonchev–Trinajstić information content (AvgIpc) is 2.15. The first-order valence-corrected chi connectivity index (χ1v) is 6.60. The van der Waals surface area contributed by atoms with E-state index in [1.54, 1.807) is 0 Å². The van der Waals surface area contributed by atoms with Crippen LogP contribution in [0.2, 0.25) is 0 Å². The molecule has 2 aliphatic rings. The van der Waals surface area contributed by atoms with Crippen LogP contribution in [0.1, 0.15) is 51.4 Å². The van der Waals surface area contributed by atoms with Crippen molar-refractivity contribution in [3.8, 4) is 0 Å². The van der Waals surface area contributed by atoms with Gasteiger partial charge in [-0.2, -0.15) is 0 Å². The van der Waals surface area contributed by atoms with Crippen LogP contribution in [0.5, 0.6) is 0 Å². The smallest absolute Gasteiger partial charge is 0.870 e. The van der Waals surface area contributed by atoms with E-state index in [0.717, 1.165) is 0 Å². The van der Waals surface area contributed by atoms with Gasteiger partial charge in [0, 0.05) is 0 Å². The summed E-state index contributed by atoms with van der Waals surface area (Å²) in [6, 6.07) is 0. The monoisotopic (exact) mass is 370 g/mol. The van der Waals surface area contributed by atoms with Crippen LogP contribution in [0.4, 0.5) is 0 Å². The molecular weight excluding hydrogens is 343 g/mol. The second kappa shape index (κ2) is 23.5. The first-order chi connectivity index (χ1) is 8.00. The Morgan fingerprint density at radius 3 is 0.500 bits per heavy atom. The maximum absolute atomic E-state index is 2.27. The Balaban J connectivity index is -0.000000107. The first-order valence-electron chi connectivity index (χ1n) is 6.60. The summed E-state index contributed by atoms with van der Waals surface area (Å²) in [6.45, 7) is 0. The van der Waals surface area contributed by atoms with Crippen LogP contribution in [0, 0.1) is 0 Å². The summed E-state index contributed by atoms with van der Waals surface area (Å²) in [5.41, 5.74) is 0. The fourth-order valence-corrected chi connectivity index (χ4v) is 1.71. The van der Waals surface area contributed by atoms with Crippen LogP contribution in [0.3, 0.4) is 0 Å². The summed E-state index contributed by atoms with van der Waals surface area (Å²) >= 11 is 0. The maximum Gasteiger partial charge on any atom is 3.00 e. The summed E-state index contributed by atoms with van der Waals surface area (Å²) in [5, 5.41) is 0. The maximum atomic E-state index is 2.27. The van der Waals surface area contributed by atoms with E-state index in [1.165, 1.54) is 51.4 Å². The van der Waals surface area contributed by atoms with Gasteiger partial charge in [-0.3, -0.25) is 0 Å². The van der Waals surface area contributed by atoms with Gasteiger partial charge < -0.3 is 16.4 Å². The molecule has 0 aromatic carbocycles. The molecule has 118 valence electrons. The van der Waals surface area contributed by atoms with Crippen molar-refractivity contribution in [1.29, 1.82) is 0 Å². The van der Waals surface area contributed by atoms with Crippen molar-refractivity contribution in [2.24, 2.45) is 0 Å². The van der Waals surface area contributed by atoms with Gasteiger partial charge in [-0.05, 0) is 51.4 Å². The molecule has 0 aromatic rings. The molecular formula is C16H27O3Rh. The average molecular weight is 370 g/mol. The number of hydrogen-bond donors (Lipinski definition) is 0. The van der Waals surface area contributed by atoms with Gasteiger partial charge in [0.25, 0.3) is 0 Å². The third-order valence-corrected chi connectivity index (χ3v) is 2.67. The molecule has 0 bridgehead atoms. The van der Waals surface area contributed by atoms with Gasteiger partial charge in [-0.1, -0.05) is 48.6 Å². The molecule has 0 amide bonds. The van der Waals surface area contributed by atoms with E-state index in [2.05, 4.69) is 48.6 Å². The van der Waals surface area contributed by atoms with E-state index >= 15 is 0 Å².